The molecular formula is C11H9BF3KO. The van der Waals surface area contributed by atoms with Gasteiger partial charge in [0.15, 0.2) is 0 Å². The second kappa shape index (κ2) is 5.86. The maximum atomic E-state index is 12.5. The van der Waals surface area contributed by atoms with E-state index in [2.05, 4.69) is 0 Å². The van der Waals surface area contributed by atoms with Gasteiger partial charge in [-0.1, -0.05) is 30.3 Å². The van der Waals surface area contributed by atoms with Gasteiger partial charge in [0, 0.05) is 0 Å². The van der Waals surface area contributed by atoms with Crippen LogP contribution < -0.4 is 56.8 Å². The van der Waals surface area contributed by atoms with E-state index in [0.717, 1.165) is 17.5 Å². The van der Waals surface area contributed by atoms with Crippen molar-refractivity contribution in [2.24, 2.45) is 0 Å². The first-order valence-electron chi connectivity index (χ1n) is 4.84. The zero-order chi connectivity index (χ0) is 11.8. The summed E-state index contributed by atoms with van der Waals surface area (Å²) in [5, 5.41) is 10.1. The fraction of sp³-hybridized carbons (Fsp3) is 0.0909. The Balaban J connectivity index is 0.00000144. The molecule has 0 saturated heterocycles. The Morgan fingerprint density at radius 1 is 0.941 bits per heavy atom. The summed E-state index contributed by atoms with van der Waals surface area (Å²) in [7, 11) is 0. The average Bonchev–Trinajstić information content (AvgIpc) is 2.26. The SMILES string of the molecule is OCc1ccc2ccc([B-](F)(F)F)cc2c1.[K+]. The van der Waals surface area contributed by atoms with Gasteiger partial charge in [0.25, 0.3) is 0 Å². The molecule has 2 aromatic rings. The molecule has 0 fully saturated rings. The third-order valence-corrected chi connectivity index (χ3v) is 2.49. The predicted octanol–water partition coefficient (Wildman–Crippen LogP) is -0.610. The summed E-state index contributed by atoms with van der Waals surface area (Å²) in [6, 6.07) is 8.62. The fourth-order valence-corrected chi connectivity index (χ4v) is 1.62. The minimum Gasteiger partial charge on any atom is -0.445 e. The summed E-state index contributed by atoms with van der Waals surface area (Å²) in [5.74, 6) is 0. The number of benzene rings is 2. The summed E-state index contributed by atoms with van der Waals surface area (Å²) < 4.78 is 37.5. The number of halogens is 3. The van der Waals surface area contributed by atoms with E-state index in [4.69, 9.17) is 5.11 Å². The van der Waals surface area contributed by atoms with Crippen LogP contribution in [0.5, 0.6) is 0 Å². The van der Waals surface area contributed by atoms with E-state index in [9.17, 15) is 12.9 Å². The Bertz CT molecular complexity index is 528. The first kappa shape index (κ1) is 15.2. The average molecular weight is 264 g/mol. The summed E-state index contributed by atoms with van der Waals surface area (Å²) in [6.45, 7) is -5.13. The number of hydrogen-bond donors (Lipinski definition) is 1. The van der Waals surface area contributed by atoms with Gasteiger partial charge < -0.3 is 18.1 Å². The molecule has 84 valence electrons. The zero-order valence-corrected chi connectivity index (χ0v) is 12.5. The number of aliphatic hydroxyl groups excluding tert-OH is 1. The standard InChI is InChI=1S/C11H9BF3O.K/c13-12(14,15)11-4-3-9-2-1-8(7-16)5-10(9)6-11;/h1-6,16H,7H2;/q-1;+1. The maximum absolute atomic E-state index is 12.5. The molecule has 0 aromatic heterocycles. The molecule has 17 heavy (non-hydrogen) atoms. The molecular weight excluding hydrogens is 255 g/mol. The minimum atomic E-state index is -4.96. The molecule has 0 saturated carbocycles. The Kier molecular flexibility index (Phi) is 5.24. The first-order chi connectivity index (χ1) is 7.50. The summed E-state index contributed by atoms with van der Waals surface area (Å²) in [4.78, 5) is 0. The number of aliphatic hydroxyl groups is 1. The molecule has 0 unspecified atom stereocenters. The summed E-state index contributed by atoms with van der Waals surface area (Å²) >= 11 is 0. The van der Waals surface area contributed by atoms with E-state index in [1.165, 1.54) is 6.07 Å². The van der Waals surface area contributed by atoms with E-state index < -0.39 is 12.4 Å². The van der Waals surface area contributed by atoms with Crippen molar-refractivity contribution in [1.82, 2.24) is 0 Å². The first-order valence-corrected chi connectivity index (χ1v) is 4.84. The second-order valence-electron chi connectivity index (χ2n) is 3.67. The van der Waals surface area contributed by atoms with E-state index in [1.54, 1.807) is 18.2 Å². The van der Waals surface area contributed by atoms with Crippen LogP contribution in [0.25, 0.3) is 10.8 Å². The number of fused-ring (bicyclic) bond motifs is 1. The summed E-state index contributed by atoms with van der Waals surface area (Å²) in [5.41, 5.74) is 0.00177. The van der Waals surface area contributed by atoms with E-state index >= 15 is 0 Å². The van der Waals surface area contributed by atoms with Crippen LogP contribution in [0, 0.1) is 0 Å². The Morgan fingerprint density at radius 2 is 1.59 bits per heavy atom. The van der Waals surface area contributed by atoms with Gasteiger partial charge in [-0.15, -0.1) is 5.46 Å². The molecule has 0 heterocycles. The van der Waals surface area contributed by atoms with Crippen LogP contribution in [0.4, 0.5) is 12.9 Å². The van der Waals surface area contributed by atoms with Crippen molar-refractivity contribution >= 4 is 23.2 Å². The second-order valence-corrected chi connectivity index (χ2v) is 3.67. The normalized spacial score (nSPS) is 11.3. The molecule has 0 aliphatic carbocycles. The van der Waals surface area contributed by atoms with Gasteiger partial charge >= 0.3 is 58.4 Å². The van der Waals surface area contributed by atoms with Crippen molar-refractivity contribution in [3.8, 4) is 0 Å². The fourth-order valence-electron chi connectivity index (χ4n) is 1.62. The molecule has 2 rings (SSSR count). The molecule has 0 atom stereocenters. The Morgan fingerprint density at radius 3 is 2.18 bits per heavy atom. The molecule has 0 radical (unpaired) electrons. The molecule has 0 amide bonds. The predicted molar refractivity (Wildman–Crippen MR) is 58.6 cm³/mol. The van der Waals surface area contributed by atoms with Crippen molar-refractivity contribution in [2.45, 2.75) is 6.61 Å². The molecule has 0 bridgehead atoms. The third-order valence-electron chi connectivity index (χ3n) is 2.49. The third kappa shape index (κ3) is 3.56. The van der Waals surface area contributed by atoms with Gasteiger partial charge in [-0.2, -0.15) is 0 Å². The van der Waals surface area contributed by atoms with Gasteiger partial charge in [0.2, 0.25) is 0 Å². The van der Waals surface area contributed by atoms with Crippen molar-refractivity contribution in [2.75, 3.05) is 0 Å². The topological polar surface area (TPSA) is 20.2 Å². The van der Waals surface area contributed by atoms with Crippen LogP contribution >= 0.6 is 0 Å². The van der Waals surface area contributed by atoms with E-state index in [-0.39, 0.29) is 58.0 Å². The molecule has 1 nitrogen and oxygen atoms in total. The molecule has 1 N–H and O–H groups in total. The molecule has 0 spiro atoms. The Hall–Kier alpha value is 0.151. The smallest absolute Gasteiger partial charge is 0.445 e. The minimum absolute atomic E-state index is 0. The van der Waals surface area contributed by atoms with Crippen molar-refractivity contribution in [3.63, 3.8) is 0 Å². The van der Waals surface area contributed by atoms with Gasteiger partial charge in [-0.05, 0) is 22.4 Å². The van der Waals surface area contributed by atoms with Crippen LogP contribution in [0.3, 0.4) is 0 Å². The van der Waals surface area contributed by atoms with Gasteiger partial charge in [0.1, 0.15) is 0 Å². The number of rotatable bonds is 2. The van der Waals surface area contributed by atoms with Crippen LogP contribution in [-0.4, -0.2) is 12.1 Å². The van der Waals surface area contributed by atoms with Gasteiger partial charge in [-0.3, -0.25) is 0 Å². The van der Waals surface area contributed by atoms with Crippen LogP contribution in [0.2, 0.25) is 0 Å². The van der Waals surface area contributed by atoms with Crippen LogP contribution in [0.1, 0.15) is 5.56 Å². The Labute approximate surface area is 139 Å². The molecule has 0 aliphatic heterocycles. The van der Waals surface area contributed by atoms with Crippen molar-refractivity contribution < 1.29 is 69.4 Å². The van der Waals surface area contributed by atoms with Crippen LogP contribution in [-0.2, 0) is 6.61 Å². The zero-order valence-electron chi connectivity index (χ0n) is 9.33. The number of hydrogen-bond acceptors (Lipinski definition) is 1. The van der Waals surface area contributed by atoms with Gasteiger partial charge in [-0.25, -0.2) is 0 Å². The molecule has 2 aromatic carbocycles. The van der Waals surface area contributed by atoms with Crippen molar-refractivity contribution in [3.05, 3.63) is 42.0 Å². The largest absolute Gasteiger partial charge is 1.00 e. The quantitative estimate of drug-likeness (QED) is 0.717. The summed E-state index contributed by atoms with van der Waals surface area (Å²) in [6.07, 6.45) is 0. The maximum Gasteiger partial charge on any atom is 1.00 e. The van der Waals surface area contributed by atoms with E-state index in [1.807, 2.05) is 0 Å². The van der Waals surface area contributed by atoms with Gasteiger partial charge in [0.05, 0.1) is 6.61 Å². The monoisotopic (exact) mass is 264 g/mol. The van der Waals surface area contributed by atoms with Crippen molar-refractivity contribution in [1.29, 1.82) is 0 Å². The van der Waals surface area contributed by atoms with E-state index in [0.29, 0.717) is 10.9 Å². The molecule has 0 aliphatic rings. The van der Waals surface area contributed by atoms with Crippen LogP contribution in [0.15, 0.2) is 36.4 Å². The molecule has 6 heteroatoms.